The molecule has 1 rings (SSSR count). The van der Waals surface area contributed by atoms with Crippen LogP contribution in [0.1, 0.15) is 46.6 Å². The molecule has 3 heteroatoms. The third-order valence-corrected chi connectivity index (χ3v) is 3.05. The standard InChI is InChI=1S/C16H27FN2/c1-6-10-19(7-2)15-9-8-13(11-14(15)17)12-18-16(3,4)5/h8-9,11,18H,6-7,10,12H2,1-5H3. The van der Waals surface area contributed by atoms with Crippen LogP contribution in [-0.2, 0) is 6.54 Å². The third kappa shape index (κ3) is 5.19. The fourth-order valence-corrected chi connectivity index (χ4v) is 2.00. The van der Waals surface area contributed by atoms with E-state index in [1.165, 1.54) is 0 Å². The van der Waals surface area contributed by atoms with Crippen molar-refractivity contribution in [1.29, 1.82) is 0 Å². The van der Waals surface area contributed by atoms with Crippen LogP contribution in [0.25, 0.3) is 0 Å². The Morgan fingerprint density at radius 2 is 1.89 bits per heavy atom. The number of rotatable bonds is 6. The molecular weight excluding hydrogens is 239 g/mol. The number of halogens is 1. The molecule has 108 valence electrons. The maximum Gasteiger partial charge on any atom is 0.146 e. The molecule has 1 N–H and O–H groups in total. The van der Waals surface area contributed by atoms with Crippen LogP contribution in [-0.4, -0.2) is 18.6 Å². The van der Waals surface area contributed by atoms with Gasteiger partial charge in [0.15, 0.2) is 0 Å². The van der Waals surface area contributed by atoms with E-state index in [0.29, 0.717) is 12.2 Å². The molecule has 0 unspecified atom stereocenters. The summed E-state index contributed by atoms with van der Waals surface area (Å²) in [5.74, 6) is -0.122. The fraction of sp³-hybridized carbons (Fsp3) is 0.625. The summed E-state index contributed by atoms with van der Waals surface area (Å²) in [6.07, 6.45) is 1.03. The maximum absolute atomic E-state index is 14.2. The van der Waals surface area contributed by atoms with Crippen LogP contribution in [0, 0.1) is 5.82 Å². The Kier molecular flexibility index (Phi) is 5.80. The minimum absolute atomic E-state index is 0.0484. The second kappa shape index (κ2) is 6.90. The van der Waals surface area contributed by atoms with E-state index in [-0.39, 0.29) is 11.4 Å². The number of hydrogen-bond donors (Lipinski definition) is 1. The summed E-state index contributed by atoms with van der Waals surface area (Å²) in [5, 5.41) is 3.37. The van der Waals surface area contributed by atoms with Gasteiger partial charge in [-0.3, -0.25) is 0 Å². The molecular formula is C16H27FN2. The van der Waals surface area contributed by atoms with Crippen LogP contribution in [0.4, 0.5) is 10.1 Å². The highest BCUT2D eigenvalue weighted by Crippen LogP contribution is 2.21. The molecule has 0 bridgehead atoms. The van der Waals surface area contributed by atoms with Crippen molar-refractivity contribution in [3.63, 3.8) is 0 Å². The first-order valence-electron chi connectivity index (χ1n) is 7.15. The van der Waals surface area contributed by atoms with Gasteiger partial charge in [0.25, 0.3) is 0 Å². The summed E-state index contributed by atoms with van der Waals surface area (Å²) in [5.41, 5.74) is 1.75. The van der Waals surface area contributed by atoms with Gasteiger partial charge in [0.1, 0.15) is 5.82 Å². The monoisotopic (exact) mass is 266 g/mol. The minimum Gasteiger partial charge on any atom is -0.369 e. The van der Waals surface area contributed by atoms with Crippen LogP contribution in [0.5, 0.6) is 0 Å². The van der Waals surface area contributed by atoms with Gasteiger partial charge in [0, 0.05) is 25.2 Å². The van der Waals surface area contributed by atoms with E-state index in [1.807, 2.05) is 12.1 Å². The van der Waals surface area contributed by atoms with Crippen LogP contribution in [0.2, 0.25) is 0 Å². The average molecular weight is 266 g/mol. The summed E-state index contributed by atoms with van der Waals surface area (Å²) in [6, 6.07) is 5.55. The largest absolute Gasteiger partial charge is 0.369 e. The van der Waals surface area contributed by atoms with E-state index in [0.717, 1.165) is 25.1 Å². The predicted octanol–water partition coefficient (Wildman–Crippen LogP) is 3.95. The van der Waals surface area contributed by atoms with Crippen molar-refractivity contribution in [3.8, 4) is 0 Å². The van der Waals surface area contributed by atoms with Crippen molar-refractivity contribution in [2.24, 2.45) is 0 Å². The molecule has 0 aliphatic rings. The Morgan fingerprint density at radius 3 is 2.37 bits per heavy atom. The van der Waals surface area contributed by atoms with Gasteiger partial charge in [0.2, 0.25) is 0 Å². The summed E-state index contributed by atoms with van der Waals surface area (Å²) >= 11 is 0. The van der Waals surface area contributed by atoms with Gasteiger partial charge in [0.05, 0.1) is 5.69 Å². The van der Waals surface area contributed by atoms with Crippen LogP contribution >= 0.6 is 0 Å². The minimum atomic E-state index is -0.122. The third-order valence-electron chi connectivity index (χ3n) is 3.05. The number of nitrogens with one attached hydrogen (secondary N) is 1. The summed E-state index contributed by atoms with van der Waals surface area (Å²) in [6.45, 7) is 12.9. The van der Waals surface area contributed by atoms with E-state index in [2.05, 4.69) is 44.8 Å². The molecule has 19 heavy (non-hydrogen) atoms. The number of hydrogen-bond acceptors (Lipinski definition) is 2. The first kappa shape index (κ1) is 16.0. The van der Waals surface area contributed by atoms with Crippen molar-refractivity contribution in [2.75, 3.05) is 18.0 Å². The molecule has 0 atom stereocenters. The summed E-state index contributed by atoms with van der Waals surface area (Å²) in [4.78, 5) is 2.08. The lowest BCUT2D eigenvalue weighted by Gasteiger charge is -2.24. The molecule has 1 aromatic rings. The van der Waals surface area contributed by atoms with E-state index < -0.39 is 0 Å². The highest BCUT2D eigenvalue weighted by Gasteiger charge is 2.12. The molecule has 1 aromatic carbocycles. The average Bonchev–Trinajstić information content (AvgIpc) is 2.33. The van der Waals surface area contributed by atoms with Gasteiger partial charge in [-0.05, 0) is 51.8 Å². The van der Waals surface area contributed by atoms with Crippen molar-refractivity contribution in [3.05, 3.63) is 29.6 Å². The van der Waals surface area contributed by atoms with Crippen LogP contribution < -0.4 is 10.2 Å². The van der Waals surface area contributed by atoms with Gasteiger partial charge in [-0.15, -0.1) is 0 Å². The molecule has 0 saturated carbocycles. The number of benzene rings is 1. The van der Waals surface area contributed by atoms with Gasteiger partial charge in [-0.2, -0.15) is 0 Å². The van der Waals surface area contributed by atoms with E-state index in [1.54, 1.807) is 6.07 Å². The first-order chi connectivity index (χ1) is 8.87. The molecule has 0 spiro atoms. The summed E-state index contributed by atoms with van der Waals surface area (Å²) in [7, 11) is 0. The zero-order valence-electron chi connectivity index (χ0n) is 12.9. The second-order valence-corrected chi connectivity index (χ2v) is 5.97. The smallest absolute Gasteiger partial charge is 0.146 e. The zero-order valence-corrected chi connectivity index (χ0v) is 12.9. The molecule has 0 aliphatic carbocycles. The lowest BCUT2D eigenvalue weighted by molar-refractivity contribution is 0.423. The topological polar surface area (TPSA) is 15.3 Å². The van der Waals surface area contributed by atoms with Crippen molar-refractivity contribution in [2.45, 2.75) is 53.1 Å². The maximum atomic E-state index is 14.2. The van der Waals surface area contributed by atoms with Crippen molar-refractivity contribution < 1.29 is 4.39 Å². The lowest BCUT2D eigenvalue weighted by atomic mass is 10.1. The Balaban J connectivity index is 2.79. The Bertz CT molecular complexity index is 396. The SMILES string of the molecule is CCCN(CC)c1ccc(CNC(C)(C)C)cc1F. The predicted molar refractivity (Wildman–Crippen MR) is 81.2 cm³/mol. The van der Waals surface area contributed by atoms with E-state index in [9.17, 15) is 4.39 Å². The quantitative estimate of drug-likeness (QED) is 0.838. The van der Waals surface area contributed by atoms with E-state index >= 15 is 0 Å². The Morgan fingerprint density at radius 1 is 1.21 bits per heavy atom. The molecule has 0 amide bonds. The lowest BCUT2D eigenvalue weighted by Crippen LogP contribution is -2.35. The fourth-order valence-electron chi connectivity index (χ4n) is 2.00. The molecule has 0 radical (unpaired) electrons. The van der Waals surface area contributed by atoms with Gasteiger partial charge < -0.3 is 10.2 Å². The molecule has 0 aliphatic heterocycles. The van der Waals surface area contributed by atoms with Crippen molar-refractivity contribution in [1.82, 2.24) is 5.32 Å². The highest BCUT2D eigenvalue weighted by molar-refractivity contribution is 5.49. The molecule has 0 fully saturated rings. The van der Waals surface area contributed by atoms with Gasteiger partial charge in [-0.1, -0.05) is 13.0 Å². The van der Waals surface area contributed by atoms with Crippen LogP contribution in [0.15, 0.2) is 18.2 Å². The van der Waals surface area contributed by atoms with Crippen molar-refractivity contribution >= 4 is 5.69 Å². The number of nitrogens with zero attached hydrogens (tertiary/aromatic N) is 1. The van der Waals surface area contributed by atoms with Gasteiger partial charge in [-0.25, -0.2) is 4.39 Å². The van der Waals surface area contributed by atoms with E-state index in [4.69, 9.17) is 0 Å². The molecule has 2 nitrogen and oxygen atoms in total. The second-order valence-electron chi connectivity index (χ2n) is 5.97. The van der Waals surface area contributed by atoms with Gasteiger partial charge >= 0.3 is 0 Å². The number of anilines is 1. The Labute approximate surface area is 117 Å². The molecule has 0 saturated heterocycles. The normalized spacial score (nSPS) is 11.7. The Hall–Kier alpha value is -1.09. The molecule has 0 heterocycles. The zero-order chi connectivity index (χ0) is 14.5. The molecule has 0 aromatic heterocycles. The van der Waals surface area contributed by atoms with Crippen LogP contribution in [0.3, 0.4) is 0 Å². The first-order valence-corrected chi connectivity index (χ1v) is 7.15. The highest BCUT2D eigenvalue weighted by atomic mass is 19.1. The summed E-state index contributed by atoms with van der Waals surface area (Å²) < 4.78 is 14.2.